The molecule has 8 heteroatoms. The first-order valence-electron chi connectivity index (χ1n) is 9.72. The van der Waals surface area contributed by atoms with Crippen molar-refractivity contribution in [1.29, 1.82) is 0 Å². The SMILES string of the molecule is COc1cccc(CNCCc2ccc(S(N)(=O)=O)cc2)c1OCc1ccc(F)cc1. The van der Waals surface area contributed by atoms with Crippen molar-refractivity contribution in [1.82, 2.24) is 5.32 Å². The molecule has 0 saturated carbocycles. The molecule has 0 spiro atoms. The first kappa shape index (κ1) is 22.7. The molecular formula is C23H25FN2O4S. The topological polar surface area (TPSA) is 90.6 Å². The fraction of sp³-hybridized carbons (Fsp3) is 0.217. The minimum Gasteiger partial charge on any atom is -0.493 e. The predicted molar refractivity (Wildman–Crippen MR) is 117 cm³/mol. The molecule has 0 bridgehead atoms. The van der Waals surface area contributed by atoms with Crippen LogP contribution in [0.4, 0.5) is 4.39 Å². The lowest BCUT2D eigenvalue weighted by Crippen LogP contribution is -2.17. The van der Waals surface area contributed by atoms with Gasteiger partial charge in [0, 0.05) is 12.1 Å². The van der Waals surface area contributed by atoms with Crippen LogP contribution in [0.5, 0.6) is 11.5 Å². The van der Waals surface area contributed by atoms with Crippen LogP contribution < -0.4 is 19.9 Å². The van der Waals surface area contributed by atoms with Crippen LogP contribution in [0.2, 0.25) is 0 Å². The van der Waals surface area contributed by atoms with Crippen molar-refractivity contribution >= 4 is 10.0 Å². The number of nitrogens with two attached hydrogens (primary N) is 1. The largest absolute Gasteiger partial charge is 0.493 e. The number of hydrogen-bond acceptors (Lipinski definition) is 5. The Morgan fingerprint density at radius 2 is 1.65 bits per heavy atom. The van der Waals surface area contributed by atoms with Crippen LogP contribution in [0, 0.1) is 5.82 Å². The number of methoxy groups -OCH3 is 1. The average Bonchev–Trinajstić information content (AvgIpc) is 2.76. The van der Waals surface area contributed by atoms with Crippen molar-refractivity contribution < 1.29 is 22.3 Å². The third kappa shape index (κ3) is 6.52. The Hall–Kier alpha value is -2.94. The van der Waals surface area contributed by atoms with Crippen molar-refractivity contribution in [3.8, 4) is 11.5 Å². The number of halogens is 1. The second-order valence-electron chi connectivity index (χ2n) is 6.98. The van der Waals surface area contributed by atoms with Gasteiger partial charge in [-0.3, -0.25) is 0 Å². The summed E-state index contributed by atoms with van der Waals surface area (Å²) < 4.78 is 47.2. The first-order chi connectivity index (χ1) is 14.9. The summed E-state index contributed by atoms with van der Waals surface area (Å²) in [7, 11) is -2.09. The number of hydrogen-bond donors (Lipinski definition) is 2. The van der Waals surface area contributed by atoms with E-state index in [1.165, 1.54) is 24.3 Å². The van der Waals surface area contributed by atoms with E-state index in [0.717, 1.165) is 23.1 Å². The van der Waals surface area contributed by atoms with Gasteiger partial charge < -0.3 is 14.8 Å². The molecule has 3 aromatic rings. The number of primary sulfonamides is 1. The van der Waals surface area contributed by atoms with E-state index in [4.69, 9.17) is 14.6 Å². The molecule has 0 radical (unpaired) electrons. The van der Waals surface area contributed by atoms with E-state index in [9.17, 15) is 12.8 Å². The highest BCUT2D eigenvalue weighted by atomic mass is 32.2. The molecule has 0 heterocycles. The van der Waals surface area contributed by atoms with Crippen molar-refractivity contribution in [2.45, 2.75) is 24.5 Å². The summed E-state index contributed by atoms with van der Waals surface area (Å²) in [5.74, 6) is 0.976. The standard InChI is InChI=1S/C23H25FN2O4S/c1-29-22-4-2-3-19(23(22)30-16-18-5-9-20(24)10-6-18)15-26-14-13-17-7-11-21(12-8-17)31(25,27)28/h2-12,26H,13-16H2,1H3,(H2,25,27,28). The van der Waals surface area contributed by atoms with Gasteiger partial charge in [-0.1, -0.05) is 36.4 Å². The maximum atomic E-state index is 13.1. The summed E-state index contributed by atoms with van der Waals surface area (Å²) in [6.45, 7) is 1.54. The fourth-order valence-corrected chi connectivity index (χ4v) is 3.58. The lowest BCUT2D eigenvalue weighted by molar-refractivity contribution is 0.280. The minimum atomic E-state index is -3.68. The second-order valence-corrected chi connectivity index (χ2v) is 8.54. The van der Waals surface area contributed by atoms with Crippen LogP contribution in [-0.4, -0.2) is 22.1 Å². The fourth-order valence-electron chi connectivity index (χ4n) is 3.06. The highest BCUT2D eigenvalue weighted by Gasteiger charge is 2.11. The molecule has 3 aromatic carbocycles. The van der Waals surface area contributed by atoms with Gasteiger partial charge in [-0.15, -0.1) is 0 Å². The van der Waals surface area contributed by atoms with Crippen molar-refractivity contribution in [2.75, 3.05) is 13.7 Å². The van der Waals surface area contributed by atoms with E-state index in [0.29, 0.717) is 31.2 Å². The van der Waals surface area contributed by atoms with Gasteiger partial charge in [-0.25, -0.2) is 17.9 Å². The molecule has 3 rings (SSSR count). The van der Waals surface area contributed by atoms with Gasteiger partial charge in [0.1, 0.15) is 12.4 Å². The van der Waals surface area contributed by atoms with Crippen LogP contribution in [0.15, 0.2) is 71.6 Å². The molecule has 0 amide bonds. The number of sulfonamides is 1. The normalized spacial score (nSPS) is 11.3. The molecule has 6 nitrogen and oxygen atoms in total. The molecular weight excluding hydrogens is 419 g/mol. The van der Waals surface area contributed by atoms with E-state index in [1.807, 2.05) is 18.2 Å². The number of para-hydroxylation sites is 1. The summed E-state index contributed by atoms with van der Waals surface area (Å²) in [6.07, 6.45) is 0.723. The lowest BCUT2D eigenvalue weighted by Gasteiger charge is -2.16. The zero-order valence-electron chi connectivity index (χ0n) is 17.2. The summed E-state index contributed by atoms with van der Waals surface area (Å²) >= 11 is 0. The van der Waals surface area contributed by atoms with Gasteiger partial charge >= 0.3 is 0 Å². The van der Waals surface area contributed by atoms with E-state index in [-0.39, 0.29) is 10.7 Å². The quantitative estimate of drug-likeness (QED) is 0.468. The first-order valence-corrected chi connectivity index (χ1v) is 11.3. The Bertz CT molecular complexity index is 1100. The zero-order valence-corrected chi connectivity index (χ0v) is 18.0. The van der Waals surface area contributed by atoms with E-state index >= 15 is 0 Å². The van der Waals surface area contributed by atoms with E-state index in [1.54, 1.807) is 31.4 Å². The highest BCUT2D eigenvalue weighted by Crippen LogP contribution is 2.31. The minimum absolute atomic E-state index is 0.100. The summed E-state index contributed by atoms with van der Waals surface area (Å²) in [6, 6.07) is 18.4. The second kappa shape index (κ2) is 10.4. The molecule has 0 aliphatic heterocycles. The molecule has 0 fully saturated rings. The Labute approximate surface area is 181 Å². The van der Waals surface area contributed by atoms with Gasteiger partial charge in [-0.2, -0.15) is 0 Å². The third-order valence-electron chi connectivity index (χ3n) is 4.73. The van der Waals surface area contributed by atoms with Crippen molar-refractivity contribution in [3.05, 3.63) is 89.2 Å². The smallest absolute Gasteiger partial charge is 0.238 e. The number of rotatable bonds is 10. The molecule has 3 N–H and O–H groups in total. The maximum absolute atomic E-state index is 13.1. The van der Waals surface area contributed by atoms with E-state index in [2.05, 4.69) is 5.32 Å². The predicted octanol–water partition coefficient (Wildman–Crippen LogP) is 3.39. The molecule has 0 aliphatic rings. The van der Waals surface area contributed by atoms with Crippen LogP contribution in [0.1, 0.15) is 16.7 Å². The highest BCUT2D eigenvalue weighted by molar-refractivity contribution is 7.89. The number of ether oxygens (including phenoxy) is 2. The van der Waals surface area contributed by atoms with E-state index < -0.39 is 10.0 Å². The van der Waals surface area contributed by atoms with Crippen LogP contribution >= 0.6 is 0 Å². The molecule has 164 valence electrons. The summed E-state index contributed by atoms with van der Waals surface area (Å²) in [5.41, 5.74) is 2.79. The van der Waals surface area contributed by atoms with Crippen LogP contribution in [0.25, 0.3) is 0 Å². The molecule has 0 saturated heterocycles. The Kier molecular flexibility index (Phi) is 7.62. The molecule has 0 atom stereocenters. The van der Waals surface area contributed by atoms with Gasteiger partial charge in [0.05, 0.1) is 12.0 Å². The number of benzene rings is 3. The Morgan fingerprint density at radius 3 is 2.29 bits per heavy atom. The van der Waals surface area contributed by atoms with Crippen LogP contribution in [0.3, 0.4) is 0 Å². The Balaban J connectivity index is 1.58. The monoisotopic (exact) mass is 444 g/mol. The lowest BCUT2D eigenvalue weighted by atomic mass is 10.1. The zero-order chi connectivity index (χ0) is 22.3. The molecule has 0 unspecified atom stereocenters. The third-order valence-corrected chi connectivity index (χ3v) is 5.66. The van der Waals surface area contributed by atoms with Crippen LogP contribution in [-0.2, 0) is 29.6 Å². The van der Waals surface area contributed by atoms with Crippen molar-refractivity contribution in [2.24, 2.45) is 5.14 Å². The number of nitrogens with one attached hydrogen (secondary N) is 1. The van der Waals surface area contributed by atoms with Gasteiger partial charge in [-0.05, 0) is 54.4 Å². The maximum Gasteiger partial charge on any atom is 0.238 e. The summed E-state index contributed by atoms with van der Waals surface area (Å²) in [5, 5.41) is 8.48. The molecule has 31 heavy (non-hydrogen) atoms. The molecule has 0 aromatic heterocycles. The van der Waals surface area contributed by atoms with Gasteiger partial charge in [0.25, 0.3) is 0 Å². The molecule has 0 aliphatic carbocycles. The average molecular weight is 445 g/mol. The summed E-state index contributed by atoms with van der Waals surface area (Å²) in [4.78, 5) is 0.100. The Morgan fingerprint density at radius 1 is 0.968 bits per heavy atom. The van der Waals surface area contributed by atoms with Crippen molar-refractivity contribution in [3.63, 3.8) is 0 Å². The van der Waals surface area contributed by atoms with Gasteiger partial charge in [0.2, 0.25) is 10.0 Å². The van der Waals surface area contributed by atoms with Gasteiger partial charge in [0.15, 0.2) is 11.5 Å².